The molecule has 0 bridgehead atoms. The molecule has 0 radical (unpaired) electrons. The van der Waals surface area contributed by atoms with Crippen molar-refractivity contribution in [1.29, 1.82) is 0 Å². The number of ether oxygens (including phenoxy) is 1. The van der Waals surface area contributed by atoms with Gasteiger partial charge >= 0.3 is 5.69 Å². The Bertz CT molecular complexity index is 1280. The molecule has 4 heterocycles. The van der Waals surface area contributed by atoms with E-state index >= 15 is 0 Å². The van der Waals surface area contributed by atoms with Gasteiger partial charge in [-0.05, 0) is 42.0 Å². The lowest BCUT2D eigenvalue weighted by molar-refractivity contribution is 0.0969. The second kappa shape index (κ2) is 6.68. The number of aromatic nitrogens is 4. The van der Waals surface area contributed by atoms with Gasteiger partial charge in [0, 0.05) is 6.61 Å². The molecule has 5 rings (SSSR count). The van der Waals surface area contributed by atoms with E-state index in [9.17, 15) is 14.0 Å². The van der Waals surface area contributed by atoms with Crippen molar-refractivity contribution >= 4 is 27.3 Å². The molecule has 7 nitrogen and oxygen atoms in total. The molecule has 1 atom stereocenters. The Morgan fingerprint density at radius 3 is 2.79 bits per heavy atom. The summed E-state index contributed by atoms with van der Waals surface area (Å²) >= 11 is 1.31. The van der Waals surface area contributed by atoms with Gasteiger partial charge < -0.3 is 4.74 Å². The van der Waals surface area contributed by atoms with Crippen molar-refractivity contribution in [1.82, 2.24) is 18.7 Å². The molecule has 1 aromatic carbocycles. The van der Waals surface area contributed by atoms with E-state index in [1.807, 2.05) is 0 Å². The molecule has 1 unspecified atom stereocenters. The smallest absolute Gasteiger partial charge is 0.352 e. The van der Waals surface area contributed by atoms with Crippen LogP contribution in [0.5, 0.6) is 0 Å². The Labute approximate surface area is 162 Å². The second-order valence-electron chi connectivity index (χ2n) is 6.89. The standard InChI is InChI=1S/C19H17FN4O3S/c20-13-5-3-12(4-6-13)10-23-19(26)24-15-7-9-28-16(15)17(25)22(18(24)21-23)11-14-2-1-8-27-14/h3-7,9,14H,1-2,8,10-11H2. The number of hydrogen-bond donors (Lipinski definition) is 0. The maximum atomic E-state index is 13.2. The van der Waals surface area contributed by atoms with Crippen LogP contribution in [0.4, 0.5) is 4.39 Å². The van der Waals surface area contributed by atoms with E-state index in [0.29, 0.717) is 29.1 Å². The summed E-state index contributed by atoms with van der Waals surface area (Å²) in [7, 11) is 0. The van der Waals surface area contributed by atoms with Crippen LogP contribution in [-0.2, 0) is 17.8 Å². The summed E-state index contributed by atoms with van der Waals surface area (Å²) in [5.41, 5.74) is 0.821. The quantitative estimate of drug-likeness (QED) is 0.527. The monoisotopic (exact) mass is 400 g/mol. The van der Waals surface area contributed by atoms with Crippen molar-refractivity contribution in [2.24, 2.45) is 0 Å². The van der Waals surface area contributed by atoms with Gasteiger partial charge in [0.15, 0.2) is 0 Å². The molecule has 0 saturated carbocycles. The van der Waals surface area contributed by atoms with Gasteiger partial charge in [-0.2, -0.15) is 0 Å². The first-order valence-corrected chi connectivity index (χ1v) is 9.95. The van der Waals surface area contributed by atoms with Crippen molar-refractivity contribution in [3.63, 3.8) is 0 Å². The maximum Gasteiger partial charge on any atom is 0.352 e. The van der Waals surface area contributed by atoms with Gasteiger partial charge in [-0.15, -0.1) is 16.4 Å². The predicted molar refractivity (Wildman–Crippen MR) is 104 cm³/mol. The average molecular weight is 400 g/mol. The molecule has 1 saturated heterocycles. The van der Waals surface area contributed by atoms with Crippen LogP contribution in [0.15, 0.2) is 45.3 Å². The second-order valence-corrected chi connectivity index (χ2v) is 7.80. The molecule has 0 N–H and O–H groups in total. The maximum absolute atomic E-state index is 13.2. The minimum atomic E-state index is -0.337. The van der Waals surface area contributed by atoms with Crippen LogP contribution in [0.25, 0.3) is 16.0 Å². The third kappa shape index (κ3) is 2.78. The number of hydrogen-bond acceptors (Lipinski definition) is 5. The largest absolute Gasteiger partial charge is 0.376 e. The summed E-state index contributed by atoms with van der Waals surface area (Å²) in [6.07, 6.45) is 1.78. The Hall–Kier alpha value is -2.78. The van der Waals surface area contributed by atoms with Crippen molar-refractivity contribution in [2.75, 3.05) is 6.61 Å². The summed E-state index contributed by atoms with van der Waals surface area (Å²) in [6.45, 7) is 1.24. The van der Waals surface area contributed by atoms with E-state index in [2.05, 4.69) is 5.10 Å². The topological polar surface area (TPSA) is 70.5 Å². The molecule has 0 amide bonds. The fraction of sp³-hybridized carbons (Fsp3) is 0.316. The van der Waals surface area contributed by atoms with Crippen LogP contribution in [0.2, 0.25) is 0 Å². The van der Waals surface area contributed by atoms with Gasteiger partial charge in [-0.3, -0.25) is 9.36 Å². The highest BCUT2D eigenvalue weighted by atomic mass is 32.1. The first-order chi connectivity index (χ1) is 13.6. The SMILES string of the molecule is O=c1c2sccc2n2c(=O)n(Cc3ccc(F)cc3)nc2n1CC1CCCO1. The van der Waals surface area contributed by atoms with Gasteiger partial charge in [0.05, 0.1) is 24.7 Å². The molecule has 1 fully saturated rings. The van der Waals surface area contributed by atoms with Gasteiger partial charge in [0.1, 0.15) is 10.5 Å². The predicted octanol–water partition coefficient (Wildman–Crippen LogP) is 2.24. The summed E-state index contributed by atoms with van der Waals surface area (Å²) in [4.78, 5) is 26.1. The van der Waals surface area contributed by atoms with E-state index in [-0.39, 0.29) is 29.7 Å². The zero-order valence-corrected chi connectivity index (χ0v) is 15.7. The molecular weight excluding hydrogens is 383 g/mol. The zero-order chi connectivity index (χ0) is 19.3. The van der Waals surface area contributed by atoms with E-state index in [1.54, 1.807) is 23.6 Å². The number of thiophene rings is 1. The number of benzene rings is 1. The lowest BCUT2D eigenvalue weighted by Gasteiger charge is -2.12. The van der Waals surface area contributed by atoms with Gasteiger partial charge in [-0.1, -0.05) is 12.1 Å². The molecule has 9 heteroatoms. The van der Waals surface area contributed by atoms with Crippen molar-refractivity contribution in [3.8, 4) is 0 Å². The number of rotatable bonds is 4. The van der Waals surface area contributed by atoms with Crippen LogP contribution in [0.1, 0.15) is 18.4 Å². The van der Waals surface area contributed by atoms with E-state index in [0.717, 1.165) is 18.4 Å². The first-order valence-electron chi connectivity index (χ1n) is 9.07. The highest BCUT2D eigenvalue weighted by Gasteiger charge is 2.22. The lowest BCUT2D eigenvalue weighted by atomic mass is 10.2. The lowest BCUT2D eigenvalue weighted by Crippen LogP contribution is -2.29. The normalized spacial score (nSPS) is 17.1. The molecular formula is C19H17FN4O3S. The minimum Gasteiger partial charge on any atom is -0.376 e. The number of nitrogens with zero attached hydrogens (tertiary/aromatic N) is 4. The van der Waals surface area contributed by atoms with Crippen LogP contribution in [-0.4, -0.2) is 31.5 Å². The van der Waals surface area contributed by atoms with Gasteiger partial charge in [0.25, 0.3) is 5.56 Å². The number of fused-ring (bicyclic) bond motifs is 3. The van der Waals surface area contributed by atoms with Crippen molar-refractivity contribution in [3.05, 3.63) is 67.9 Å². The zero-order valence-electron chi connectivity index (χ0n) is 14.9. The summed E-state index contributed by atoms with van der Waals surface area (Å²) in [5.74, 6) is -0.0324. The first kappa shape index (κ1) is 17.3. The fourth-order valence-electron chi connectivity index (χ4n) is 3.66. The van der Waals surface area contributed by atoms with E-state index < -0.39 is 0 Å². The third-order valence-corrected chi connectivity index (χ3v) is 5.94. The molecule has 0 aliphatic carbocycles. The van der Waals surface area contributed by atoms with Crippen LogP contribution >= 0.6 is 11.3 Å². The summed E-state index contributed by atoms with van der Waals surface area (Å²) < 4.78 is 23.7. The molecule has 3 aromatic heterocycles. The molecule has 1 aliphatic heterocycles. The summed E-state index contributed by atoms with van der Waals surface area (Å²) in [6, 6.07) is 7.69. The molecule has 28 heavy (non-hydrogen) atoms. The average Bonchev–Trinajstić information content (AvgIpc) is 3.42. The highest BCUT2D eigenvalue weighted by molar-refractivity contribution is 7.17. The van der Waals surface area contributed by atoms with Gasteiger partial charge in [-0.25, -0.2) is 18.3 Å². The molecule has 0 spiro atoms. The van der Waals surface area contributed by atoms with Crippen LogP contribution in [0, 0.1) is 5.82 Å². The Balaban J connectivity index is 1.69. The van der Waals surface area contributed by atoms with E-state index in [1.165, 1.54) is 37.1 Å². The van der Waals surface area contributed by atoms with Crippen LogP contribution < -0.4 is 11.2 Å². The van der Waals surface area contributed by atoms with Gasteiger partial charge in [0.2, 0.25) is 5.78 Å². The number of halogens is 1. The molecule has 144 valence electrons. The third-order valence-electron chi connectivity index (χ3n) is 5.04. The Morgan fingerprint density at radius 2 is 2.04 bits per heavy atom. The summed E-state index contributed by atoms with van der Waals surface area (Å²) in [5, 5.41) is 6.25. The van der Waals surface area contributed by atoms with Crippen LogP contribution in [0.3, 0.4) is 0 Å². The van der Waals surface area contributed by atoms with Crippen molar-refractivity contribution in [2.45, 2.75) is 32.0 Å². The fourth-order valence-corrected chi connectivity index (χ4v) is 4.48. The molecule has 4 aromatic rings. The van der Waals surface area contributed by atoms with Crippen molar-refractivity contribution < 1.29 is 9.13 Å². The molecule has 1 aliphatic rings. The Morgan fingerprint density at radius 1 is 1.21 bits per heavy atom. The van der Waals surface area contributed by atoms with E-state index in [4.69, 9.17) is 4.74 Å². The highest BCUT2D eigenvalue weighted by Crippen LogP contribution is 2.19. The minimum absolute atomic E-state index is 0.0590. The Kier molecular flexibility index (Phi) is 4.13.